The van der Waals surface area contributed by atoms with Crippen LogP contribution in [0.5, 0.6) is 0 Å². The van der Waals surface area contributed by atoms with E-state index in [9.17, 15) is 0 Å². The third kappa shape index (κ3) is 5.44. The first-order valence-corrected chi connectivity index (χ1v) is 16.1. The number of benzene rings is 5. The maximum atomic E-state index is 4.72. The Bertz CT molecular complexity index is 2090. The van der Waals surface area contributed by atoms with E-state index in [1.54, 1.807) is 0 Å². The molecule has 1 aliphatic carbocycles. The highest BCUT2D eigenvalue weighted by molar-refractivity contribution is 5.99. The molecule has 0 aliphatic heterocycles. The minimum absolute atomic E-state index is 1.01. The summed E-state index contributed by atoms with van der Waals surface area (Å²) < 4.78 is 2.40. The van der Waals surface area contributed by atoms with Gasteiger partial charge in [0, 0.05) is 33.7 Å². The van der Waals surface area contributed by atoms with Crippen LogP contribution in [0.1, 0.15) is 37.9 Å². The molecule has 7 rings (SSSR count). The van der Waals surface area contributed by atoms with Gasteiger partial charge in [-0.15, -0.1) is 0 Å². The smallest absolute Gasteiger partial charge is 0.0610 e. The van der Waals surface area contributed by atoms with Gasteiger partial charge in [-0.1, -0.05) is 110 Å². The Kier molecular flexibility index (Phi) is 8.10. The van der Waals surface area contributed by atoms with Crippen LogP contribution in [-0.4, -0.2) is 4.57 Å². The van der Waals surface area contributed by atoms with Crippen molar-refractivity contribution in [2.45, 2.75) is 26.7 Å². The third-order valence-electron chi connectivity index (χ3n) is 8.92. The molecule has 0 fully saturated rings. The summed E-state index contributed by atoms with van der Waals surface area (Å²) in [5.74, 6) is 0. The van der Waals surface area contributed by atoms with Crippen LogP contribution >= 0.6 is 0 Å². The van der Waals surface area contributed by atoms with Crippen LogP contribution in [0, 0.1) is 0 Å². The largest absolute Gasteiger partial charge is 0.311 e. The van der Waals surface area contributed by atoms with E-state index >= 15 is 0 Å². The van der Waals surface area contributed by atoms with Crippen LogP contribution in [0.2, 0.25) is 0 Å². The summed E-state index contributed by atoms with van der Waals surface area (Å²) in [5.41, 5.74) is 14.2. The van der Waals surface area contributed by atoms with E-state index in [1.165, 1.54) is 38.7 Å². The number of anilines is 3. The fourth-order valence-corrected chi connectivity index (χ4v) is 6.69. The molecular formula is C44H38N2. The van der Waals surface area contributed by atoms with Gasteiger partial charge in [0.25, 0.3) is 0 Å². The number of nitrogens with zero attached hydrogens (tertiary/aromatic N) is 2. The molecule has 6 aromatic rings. The van der Waals surface area contributed by atoms with Crippen molar-refractivity contribution < 1.29 is 0 Å². The molecule has 1 aromatic heterocycles. The molecule has 0 N–H and O–H groups in total. The predicted molar refractivity (Wildman–Crippen MR) is 198 cm³/mol. The molecule has 0 saturated carbocycles. The monoisotopic (exact) mass is 594 g/mol. The van der Waals surface area contributed by atoms with Crippen LogP contribution in [0.25, 0.3) is 39.4 Å². The van der Waals surface area contributed by atoms with Gasteiger partial charge in [-0.05, 0) is 109 Å². The van der Waals surface area contributed by atoms with Gasteiger partial charge in [-0.3, -0.25) is 0 Å². The molecule has 224 valence electrons. The van der Waals surface area contributed by atoms with E-state index in [1.807, 2.05) is 0 Å². The highest BCUT2D eigenvalue weighted by Gasteiger charge is 2.22. The van der Waals surface area contributed by atoms with E-state index in [4.69, 9.17) is 6.58 Å². The number of para-hydroxylation sites is 2. The normalized spacial score (nSPS) is 13.1. The van der Waals surface area contributed by atoms with Crippen LogP contribution in [0.3, 0.4) is 0 Å². The van der Waals surface area contributed by atoms with Gasteiger partial charge < -0.3 is 9.47 Å². The Morgan fingerprint density at radius 3 is 1.96 bits per heavy atom. The molecule has 1 heterocycles. The zero-order chi connectivity index (χ0) is 31.5. The van der Waals surface area contributed by atoms with Gasteiger partial charge in [-0.25, -0.2) is 0 Å². The first kappa shape index (κ1) is 29.1. The highest BCUT2D eigenvalue weighted by atomic mass is 15.1. The molecule has 0 bridgehead atoms. The highest BCUT2D eigenvalue weighted by Crippen LogP contribution is 2.41. The molecule has 0 saturated heterocycles. The molecule has 0 amide bonds. The van der Waals surface area contributed by atoms with Crippen molar-refractivity contribution in [3.63, 3.8) is 0 Å². The van der Waals surface area contributed by atoms with Crippen molar-refractivity contribution >= 4 is 39.6 Å². The molecule has 2 heteroatoms. The van der Waals surface area contributed by atoms with Gasteiger partial charge in [-0.2, -0.15) is 0 Å². The molecule has 0 radical (unpaired) electrons. The van der Waals surface area contributed by atoms with Crippen LogP contribution in [-0.2, 0) is 0 Å². The van der Waals surface area contributed by atoms with Crippen molar-refractivity contribution in [2.24, 2.45) is 0 Å². The fourth-order valence-electron chi connectivity index (χ4n) is 6.69. The average molecular weight is 595 g/mol. The van der Waals surface area contributed by atoms with Crippen LogP contribution < -0.4 is 4.90 Å². The Hall–Kier alpha value is -5.60. The minimum Gasteiger partial charge on any atom is -0.311 e. The van der Waals surface area contributed by atoms with E-state index in [0.717, 1.165) is 46.9 Å². The Balaban J connectivity index is 1.35. The molecule has 0 atom stereocenters. The number of aromatic nitrogens is 1. The van der Waals surface area contributed by atoms with E-state index in [0.29, 0.717) is 0 Å². The maximum Gasteiger partial charge on any atom is 0.0610 e. The van der Waals surface area contributed by atoms with Gasteiger partial charge in [0.05, 0.1) is 11.2 Å². The lowest BCUT2D eigenvalue weighted by atomic mass is 9.90. The Morgan fingerprint density at radius 1 is 0.696 bits per heavy atom. The lowest BCUT2D eigenvalue weighted by Crippen LogP contribution is -2.10. The zero-order valence-electron chi connectivity index (χ0n) is 26.5. The van der Waals surface area contributed by atoms with Crippen LogP contribution in [0.15, 0.2) is 169 Å². The molecular weight excluding hydrogens is 556 g/mol. The number of rotatable bonds is 8. The van der Waals surface area contributed by atoms with E-state index in [-0.39, 0.29) is 0 Å². The van der Waals surface area contributed by atoms with E-state index < -0.39 is 0 Å². The summed E-state index contributed by atoms with van der Waals surface area (Å²) in [5, 5.41) is 1.23. The van der Waals surface area contributed by atoms with E-state index in [2.05, 4.69) is 181 Å². The first-order chi connectivity index (χ1) is 22.6. The van der Waals surface area contributed by atoms with Crippen LogP contribution in [0.4, 0.5) is 17.1 Å². The topological polar surface area (TPSA) is 8.17 Å². The predicted octanol–water partition coefficient (Wildman–Crippen LogP) is 12.5. The van der Waals surface area contributed by atoms with Gasteiger partial charge >= 0.3 is 0 Å². The summed E-state index contributed by atoms with van der Waals surface area (Å²) in [6.07, 6.45) is 10.9. The van der Waals surface area contributed by atoms with Gasteiger partial charge in [0.1, 0.15) is 0 Å². The average Bonchev–Trinajstić information content (AvgIpc) is 3.44. The van der Waals surface area contributed by atoms with Crippen molar-refractivity contribution in [1.82, 2.24) is 4.57 Å². The van der Waals surface area contributed by atoms with Crippen molar-refractivity contribution in [1.29, 1.82) is 0 Å². The summed E-state index contributed by atoms with van der Waals surface area (Å²) in [7, 11) is 0. The third-order valence-corrected chi connectivity index (χ3v) is 8.92. The lowest BCUT2D eigenvalue weighted by molar-refractivity contribution is 0.967. The lowest BCUT2D eigenvalue weighted by Gasteiger charge is -2.26. The Morgan fingerprint density at radius 2 is 1.28 bits per heavy atom. The SMILES string of the molecule is C=C(C1=C(C)C=CCC1)c1c(/C=C\C)c2ccccc2n1-c1ccc(N(c2ccccc2)c2ccc(-c3ccccc3)cc2)cc1. The first-order valence-electron chi connectivity index (χ1n) is 16.1. The minimum atomic E-state index is 1.01. The zero-order valence-corrected chi connectivity index (χ0v) is 26.5. The summed E-state index contributed by atoms with van der Waals surface area (Å²) in [6.45, 7) is 9.02. The molecule has 0 spiro atoms. The Labute approximate surface area is 272 Å². The number of hydrogen-bond acceptors (Lipinski definition) is 1. The van der Waals surface area contributed by atoms with Crippen molar-refractivity contribution in [3.05, 3.63) is 181 Å². The molecule has 5 aromatic carbocycles. The second-order valence-corrected chi connectivity index (χ2v) is 11.8. The second-order valence-electron chi connectivity index (χ2n) is 11.8. The van der Waals surface area contributed by atoms with Gasteiger partial charge in [0.2, 0.25) is 0 Å². The maximum absolute atomic E-state index is 4.72. The quantitative estimate of drug-likeness (QED) is 0.170. The number of fused-ring (bicyclic) bond motifs is 1. The van der Waals surface area contributed by atoms with Gasteiger partial charge in [0.15, 0.2) is 0 Å². The summed E-state index contributed by atoms with van der Waals surface area (Å²) in [6, 6.07) is 47.6. The fraction of sp³-hybridized carbons (Fsp3) is 0.0909. The molecule has 1 aliphatic rings. The molecule has 2 nitrogen and oxygen atoms in total. The standard InChI is InChI=1S/C44H38N2/c1-4-15-42-41-22-13-14-23-43(41)46(44(42)33(3)40-21-12-11-16-32(40)2)39-30-28-38(29-31-39)45(36-19-9-6-10-20-36)37-26-24-35(25-27-37)34-17-7-5-8-18-34/h4-11,13-20,22-31H,3,12,21H2,1-2H3/b15-4-. The second kappa shape index (κ2) is 12.8. The molecule has 0 unspecified atom stereocenters. The summed E-state index contributed by atoms with van der Waals surface area (Å²) >= 11 is 0. The van der Waals surface area contributed by atoms with Crippen molar-refractivity contribution in [2.75, 3.05) is 4.90 Å². The molecule has 46 heavy (non-hydrogen) atoms. The number of allylic oxidation sites excluding steroid dienone is 6. The summed E-state index contributed by atoms with van der Waals surface area (Å²) in [4.78, 5) is 2.32. The number of hydrogen-bond donors (Lipinski definition) is 0. The van der Waals surface area contributed by atoms with Crippen molar-refractivity contribution in [3.8, 4) is 16.8 Å².